The summed E-state index contributed by atoms with van der Waals surface area (Å²) in [5.74, 6) is 3.67. The second kappa shape index (κ2) is 17.1. The number of carbonyl (C=O) groups excluding carboxylic acids is 1. The molecule has 258 valence electrons. The maximum Gasteiger partial charge on any atom is 0.246 e. The summed E-state index contributed by atoms with van der Waals surface area (Å²) in [5.41, 5.74) is 1.64. The van der Waals surface area contributed by atoms with Crippen LogP contribution in [-0.4, -0.2) is 101 Å². The molecule has 0 saturated carbocycles. The summed E-state index contributed by atoms with van der Waals surface area (Å²) in [6, 6.07) is 3.00. The van der Waals surface area contributed by atoms with Gasteiger partial charge in [0.25, 0.3) is 0 Å². The van der Waals surface area contributed by atoms with Crippen LogP contribution < -0.4 is 20.6 Å². The van der Waals surface area contributed by atoms with E-state index in [-0.39, 0.29) is 17.6 Å². The zero-order valence-corrected chi connectivity index (χ0v) is 29.1. The van der Waals surface area contributed by atoms with Gasteiger partial charge in [-0.1, -0.05) is 18.7 Å². The Morgan fingerprint density at radius 1 is 1.31 bits per heavy atom. The van der Waals surface area contributed by atoms with Crippen LogP contribution in [-0.2, 0) is 9.53 Å². The molecule has 11 nitrogen and oxygen atoms in total. The molecule has 12 heteroatoms. The van der Waals surface area contributed by atoms with Crippen molar-refractivity contribution in [3.63, 3.8) is 0 Å². The number of piperazine rings is 1. The predicted molar refractivity (Wildman–Crippen MR) is 192 cm³/mol. The molecule has 2 aromatic rings. The maximum absolute atomic E-state index is 15.5. The third-order valence-electron chi connectivity index (χ3n) is 7.83. The van der Waals surface area contributed by atoms with E-state index in [1.54, 1.807) is 42.6 Å². The largest absolute Gasteiger partial charge is 0.488 e. The second-order valence-electron chi connectivity index (χ2n) is 11.7. The van der Waals surface area contributed by atoms with Gasteiger partial charge in [-0.2, -0.15) is 5.10 Å². The first-order valence-electron chi connectivity index (χ1n) is 16.1. The zero-order valence-electron chi connectivity index (χ0n) is 29.1. The summed E-state index contributed by atoms with van der Waals surface area (Å²) in [7, 11) is 3.92. The number of nitrogens with one attached hydrogen (secondary N) is 1. The number of allylic oxidation sites excluding steroid dienone is 1. The first-order chi connectivity index (χ1) is 23.6. The first kappa shape index (κ1) is 36.4. The predicted octanol–water partition coefficient (Wildman–Crippen LogP) is 3.49. The Balaban J connectivity index is 0.00000174. The molecule has 2 saturated heterocycles. The number of ether oxygens (including phenoxy) is 2. The number of aromatic nitrogens is 2. The quantitative estimate of drug-likeness (QED) is 0.258. The summed E-state index contributed by atoms with van der Waals surface area (Å²) in [6.45, 7) is 14.9. The number of carbonyl (C=O) groups is 1. The molecule has 1 unspecified atom stereocenters. The van der Waals surface area contributed by atoms with E-state index in [0.29, 0.717) is 78.7 Å². The minimum Gasteiger partial charge on any atom is -0.488 e. The van der Waals surface area contributed by atoms with Crippen molar-refractivity contribution in [2.45, 2.75) is 33.7 Å². The molecule has 1 aromatic heterocycles. The number of halogens is 1. The maximum atomic E-state index is 15.5. The van der Waals surface area contributed by atoms with Crippen LogP contribution in [0.3, 0.4) is 0 Å². The number of rotatable bonds is 8. The van der Waals surface area contributed by atoms with Crippen LogP contribution in [0.5, 0.6) is 5.75 Å². The van der Waals surface area contributed by atoms with Crippen molar-refractivity contribution in [2.75, 3.05) is 58.7 Å². The first-order valence-corrected chi connectivity index (χ1v) is 16.1. The number of fused-ring (bicyclic) bond motifs is 1. The molecule has 0 spiro atoms. The van der Waals surface area contributed by atoms with Gasteiger partial charge in [0.2, 0.25) is 5.91 Å². The fraction of sp³-hybridized carbons (Fsp3) is 0.351. The van der Waals surface area contributed by atoms with E-state index < -0.39 is 5.82 Å². The van der Waals surface area contributed by atoms with Gasteiger partial charge in [0, 0.05) is 50.7 Å². The van der Waals surface area contributed by atoms with Gasteiger partial charge >= 0.3 is 0 Å². The zero-order chi connectivity index (χ0) is 35.5. The molecule has 3 aliphatic heterocycles. The van der Waals surface area contributed by atoms with Gasteiger partial charge < -0.3 is 29.5 Å². The number of anilines is 2. The Kier molecular flexibility index (Phi) is 12.7. The molecule has 3 aliphatic rings. The van der Waals surface area contributed by atoms with Crippen molar-refractivity contribution >= 4 is 35.5 Å². The minimum absolute atomic E-state index is 0.0123. The van der Waals surface area contributed by atoms with Crippen LogP contribution in [0.2, 0.25) is 0 Å². The van der Waals surface area contributed by atoms with Crippen LogP contribution in [0.25, 0.3) is 11.8 Å². The molecule has 1 atom stereocenters. The Morgan fingerprint density at radius 3 is 2.76 bits per heavy atom. The van der Waals surface area contributed by atoms with Gasteiger partial charge in [0.05, 0.1) is 34.5 Å². The lowest BCUT2D eigenvalue weighted by molar-refractivity contribution is -0.129. The van der Waals surface area contributed by atoms with Gasteiger partial charge in [0.15, 0.2) is 5.76 Å². The van der Waals surface area contributed by atoms with Crippen molar-refractivity contribution in [3.8, 4) is 18.1 Å². The Bertz CT molecular complexity index is 1830. The van der Waals surface area contributed by atoms with Gasteiger partial charge in [-0.15, -0.1) is 12.3 Å². The van der Waals surface area contributed by atoms with Crippen LogP contribution in [0.1, 0.15) is 26.3 Å². The summed E-state index contributed by atoms with van der Waals surface area (Å²) >= 11 is 0. The van der Waals surface area contributed by atoms with Crippen LogP contribution in [0, 0.1) is 25.1 Å². The lowest BCUT2D eigenvalue weighted by Crippen LogP contribution is -2.58. The molecule has 1 N–H and O–H groups in total. The lowest BCUT2D eigenvalue weighted by atomic mass is 10.1. The highest BCUT2D eigenvalue weighted by atomic mass is 19.1. The van der Waals surface area contributed by atoms with Crippen molar-refractivity contribution in [1.29, 1.82) is 0 Å². The summed E-state index contributed by atoms with van der Waals surface area (Å²) in [6.07, 6.45) is 18.6. The van der Waals surface area contributed by atoms with E-state index in [1.165, 1.54) is 12.4 Å². The van der Waals surface area contributed by atoms with E-state index in [2.05, 4.69) is 44.2 Å². The molecule has 49 heavy (non-hydrogen) atoms. The molecule has 0 aliphatic carbocycles. The van der Waals surface area contributed by atoms with Crippen molar-refractivity contribution in [3.05, 3.63) is 88.9 Å². The van der Waals surface area contributed by atoms with Gasteiger partial charge in [-0.3, -0.25) is 9.80 Å². The Morgan fingerprint density at radius 2 is 2.08 bits per heavy atom. The monoisotopic (exact) mass is 668 g/mol. The average Bonchev–Trinajstić information content (AvgIpc) is 3.08. The molecular formula is C37H45FN8O3. The van der Waals surface area contributed by atoms with Crippen molar-refractivity contribution in [1.82, 2.24) is 29.7 Å². The Hall–Kier alpha value is -5.41. The highest BCUT2D eigenvalue weighted by Gasteiger charge is 2.35. The van der Waals surface area contributed by atoms with E-state index >= 15 is 4.39 Å². The van der Waals surface area contributed by atoms with Crippen molar-refractivity contribution in [2.24, 2.45) is 5.10 Å². The summed E-state index contributed by atoms with van der Waals surface area (Å²) in [5, 5.41) is 10.4. The molecule has 1 aromatic carbocycles. The number of morpholine rings is 1. The van der Waals surface area contributed by atoms with Crippen LogP contribution in [0.4, 0.5) is 15.9 Å². The van der Waals surface area contributed by atoms with E-state index in [0.717, 1.165) is 5.56 Å². The third-order valence-corrected chi connectivity index (χ3v) is 7.83. The van der Waals surface area contributed by atoms with Crippen molar-refractivity contribution < 1.29 is 18.7 Å². The number of hydrazone groups is 1. The van der Waals surface area contributed by atoms with Gasteiger partial charge in [0.1, 0.15) is 36.1 Å². The summed E-state index contributed by atoms with van der Waals surface area (Å²) in [4.78, 5) is 27.7. The Labute approximate surface area is 288 Å². The number of nitrogens with zero attached hydrogens (tertiary/aromatic N) is 7. The third kappa shape index (κ3) is 9.15. The molecule has 0 bridgehead atoms. The normalized spacial score (nSPS) is 19.0. The molecule has 2 fully saturated rings. The molecule has 5 rings (SSSR count). The molecule has 4 heterocycles. The fourth-order valence-corrected chi connectivity index (χ4v) is 5.47. The highest BCUT2D eigenvalue weighted by molar-refractivity contribution is 5.87. The standard InChI is InChI=1S/C34H41FN8O3.C3H4/c1-7-28-32(33-24(4)43-17-16-41(20-25(43)21-45-33)31(44)10-9-13-40(5)6)34(37-22-36-28)39-29-18-23(3)30(19-27(29)35)46-26-11-14-42(15-12-26)38-8-2;1-3-2/h7-12,14,18-19,22,25H,4,13,15-17,20-21H2,1-3,5-6H3,(H,36,37,39);1H,2H3/b10-9+,28-7+,33-32-,38-8-;. The number of benzene rings is 1. The number of likely N-dealkylation sites (N-methyl/N-ethyl adjacent to an activating group) is 1. The number of amides is 1. The van der Waals surface area contributed by atoms with E-state index in [4.69, 9.17) is 9.47 Å². The molecule has 1 amide bonds. The van der Waals surface area contributed by atoms with E-state index in [9.17, 15) is 4.79 Å². The van der Waals surface area contributed by atoms with Gasteiger partial charge in [-0.25, -0.2) is 14.4 Å². The fourth-order valence-electron chi connectivity index (χ4n) is 5.47. The van der Waals surface area contributed by atoms with Crippen LogP contribution >= 0.6 is 0 Å². The summed E-state index contributed by atoms with van der Waals surface area (Å²) < 4.78 is 27.9. The topological polar surface area (TPSA) is 98.7 Å². The average molecular weight is 669 g/mol. The smallest absolute Gasteiger partial charge is 0.246 e. The van der Waals surface area contributed by atoms with Crippen LogP contribution in [0.15, 0.2) is 72.1 Å². The SMILES string of the molecule is C#CC.C=C1/C(=c2/c(Nc3cc(C)c(OC4=CCN(/N=C\C)C=C4)cc3F)ncn/c2=C/C)OCC2CN(C(=O)/C=C/CN(C)C)CCN12. The molecule has 0 radical (unpaired) electrons. The highest BCUT2D eigenvalue weighted by Crippen LogP contribution is 2.30. The number of terminal acetylenes is 1. The lowest BCUT2D eigenvalue weighted by Gasteiger charge is -2.46. The number of hydrogen-bond donors (Lipinski definition) is 1. The number of hydrogen-bond acceptors (Lipinski definition) is 10. The molecular weight excluding hydrogens is 623 g/mol. The number of aryl methyl sites for hydroxylation is 1. The minimum atomic E-state index is -0.501. The van der Waals surface area contributed by atoms with Gasteiger partial charge in [-0.05, 0) is 65.6 Å². The second-order valence-corrected chi connectivity index (χ2v) is 11.7. The van der Waals surface area contributed by atoms with E-state index in [1.807, 2.05) is 62.9 Å².